The van der Waals surface area contributed by atoms with E-state index in [0.29, 0.717) is 30.6 Å². The van der Waals surface area contributed by atoms with Gasteiger partial charge in [-0.1, -0.05) is 26.3 Å². The van der Waals surface area contributed by atoms with Crippen LogP contribution in [0.2, 0.25) is 0 Å². The molecule has 0 aliphatic carbocycles. The zero-order valence-corrected chi connectivity index (χ0v) is 11.0. The van der Waals surface area contributed by atoms with Gasteiger partial charge in [-0.2, -0.15) is 0 Å². The minimum atomic E-state index is -0.527. The second-order valence-corrected chi connectivity index (χ2v) is 5.10. The van der Waals surface area contributed by atoms with Crippen LogP contribution >= 0.6 is 0 Å². The Morgan fingerprint density at radius 3 is 2.94 bits per heavy atom. The monoisotopic (exact) mass is 251 g/mol. The molecule has 1 aromatic carbocycles. The smallest absolute Gasteiger partial charge is 0.204 e. The summed E-state index contributed by atoms with van der Waals surface area (Å²) < 4.78 is 11.7. The summed E-state index contributed by atoms with van der Waals surface area (Å²) in [5.41, 5.74) is 5.34. The number of phenols is 1. The van der Waals surface area contributed by atoms with Crippen molar-refractivity contribution in [2.45, 2.75) is 32.3 Å². The third-order valence-electron chi connectivity index (χ3n) is 3.56. The highest BCUT2D eigenvalue weighted by Crippen LogP contribution is 2.43. The molecule has 0 aromatic heterocycles. The molecule has 1 aliphatic rings. The van der Waals surface area contributed by atoms with Gasteiger partial charge in [0.05, 0.1) is 0 Å². The number of rotatable bonds is 4. The Morgan fingerprint density at radius 2 is 2.28 bits per heavy atom. The van der Waals surface area contributed by atoms with E-state index in [1.54, 1.807) is 18.2 Å². The first-order chi connectivity index (χ1) is 8.60. The van der Waals surface area contributed by atoms with Crippen LogP contribution in [0.4, 0.5) is 0 Å². The van der Waals surface area contributed by atoms with Crippen LogP contribution in [-0.4, -0.2) is 23.9 Å². The van der Waals surface area contributed by atoms with E-state index < -0.39 is 5.60 Å². The van der Waals surface area contributed by atoms with Crippen molar-refractivity contribution >= 4 is 0 Å². The Labute approximate surface area is 108 Å². The Hall–Kier alpha value is -1.42. The lowest BCUT2D eigenvalue weighted by Crippen LogP contribution is -2.51. The fraction of sp³-hybridized carbons (Fsp3) is 0.571. The third-order valence-corrected chi connectivity index (χ3v) is 3.56. The maximum atomic E-state index is 9.83. The van der Waals surface area contributed by atoms with Gasteiger partial charge in [-0.05, 0) is 24.5 Å². The van der Waals surface area contributed by atoms with Gasteiger partial charge in [-0.15, -0.1) is 0 Å². The van der Waals surface area contributed by atoms with Crippen LogP contribution in [0.5, 0.6) is 17.2 Å². The van der Waals surface area contributed by atoms with Gasteiger partial charge in [0.25, 0.3) is 0 Å². The molecule has 1 heterocycles. The van der Waals surface area contributed by atoms with E-state index >= 15 is 0 Å². The zero-order chi connectivity index (χ0) is 13.2. The van der Waals surface area contributed by atoms with E-state index in [0.717, 1.165) is 12.8 Å². The SMILES string of the molecule is CCC(C)CC1(CN)COc2cccc(O)c2O1. The Balaban J connectivity index is 2.25. The first kappa shape index (κ1) is 13.0. The van der Waals surface area contributed by atoms with Crippen molar-refractivity contribution in [3.63, 3.8) is 0 Å². The van der Waals surface area contributed by atoms with E-state index in [1.807, 2.05) is 0 Å². The second-order valence-electron chi connectivity index (χ2n) is 5.10. The topological polar surface area (TPSA) is 64.7 Å². The lowest BCUT2D eigenvalue weighted by atomic mass is 9.89. The molecule has 0 spiro atoms. The lowest BCUT2D eigenvalue weighted by Gasteiger charge is -2.39. The van der Waals surface area contributed by atoms with Crippen molar-refractivity contribution in [1.82, 2.24) is 0 Å². The third kappa shape index (κ3) is 2.38. The van der Waals surface area contributed by atoms with E-state index in [-0.39, 0.29) is 5.75 Å². The Bertz CT molecular complexity index is 422. The van der Waals surface area contributed by atoms with Crippen molar-refractivity contribution in [2.75, 3.05) is 13.2 Å². The average Bonchev–Trinajstić information content (AvgIpc) is 2.39. The van der Waals surface area contributed by atoms with E-state index in [4.69, 9.17) is 15.2 Å². The van der Waals surface area contributed by atoms with Gasteiger partial charge >= 0.3 is 0 Å². The molecule has 4 heteroatoms. The molecule has 1 aliphatic heterocycles. The van der Waals surface area contributed by atoms with Gasteiger partial charge in [0.1, 0.15) is 6.61 Å². The van der Waals surface area contributed by atoms with E-state index in [9.17, 15) is 5.11 Å². The Kier molecular flexibility index (Phi) is 3.66. The van der Waals surface area contributed by atoms with E-state index in [2.05, 4.69) is 13.8 Å². The molecule has 0 saturated heterocycles. The molecule has 18 heavy (non-hydrogen) atoms. The summed E-state index contributed by atoms with van der Waals surface area (Å²) in [7, 11) is 0. The molecule has 3 N–H and O–H groups in total. The Morgan fingerprint density at radius 1 is 1.50 bits per heavy atom. The number of para-hydroxylation sites is 1. The molecule has 0 saturated carbocycles. The van der Waals surface area contributed by atoms with Crippen LogP contribution < -0.4 is 15.2 Å². The summed E-state index contributed by atoms with van der Waals surface area (Å²) in [4.78, 5) is 0. The summed E-state index contributed by atoms with van der Waals surface area (Å²) in [5.74, 6) is 1.61. The largest absolute Gasteiger partial charge is 0.504 e. The minimum absolute atomic E-state index is 0.106. The van der Waals surface area contributed by atoms with Crippen molar-refractivity contribution in [3.05, 3.63) is 18.2 Å². The summed E-state index contributed by atoms with van der Waals surface area (Å²) in [6.45, 7) is 5.13. The van der Waals surface area contributed by atoms with Gasteiger partial charge in [-0.25, -0.2) is 0 Å². The summed E-state index contributed by atoms with van der Waals surface area (Å²) in [6, 6.07) is 5.12. The van der Waals surface area contributed by atoms with Crippen LogP contribution in [0.1, 0.15) is 26.7 Å². The molecular weight excluding hydrogens is 230 g/mol. The standard InChI is InChI=1S/C14H21NO3/c1-3-10(2)7-14(8-15)9-17-12-6-4-5-11(16)13(12)18-14/h4-6,10,16H,3,7-9,15H2,1-2H3. The molecule has 1 aromatic rings. The molecule has 4 nitrogen and oxygen atoms in total. The van der Waals surface area contributed by atoms with Crippen molar-refractivity contribution in [3.8, 4) is 17.2 Å². The van der Waals surface area contributed by atoms with Crippen LogP contribution in [0.15, 0.2) is 18.2 Å². The quantitative estimate of drug-likeness (QED) is 0.861. The number of benzene rings is 1. The number of aromatic hydroxyl groups is 1. The maximum absolute atomic E-state index is 9.83. The second kappa shape index (κ2) is 5.06. The molecule has 2 rings (SSSR count). The van der Waals surface area contributed by atoms with Crippen LogP contribution in [0, 0.1) is 5.92 Å². The van der Waals surface area contributed by atoms with Gasteiger partial charge in [0.15, 0.2) is 17.1 Å². The van der Waals surface area contributed by atoms with Crippen molar-refractivity contribution in [1.29, 1.82) is 0 Å². The summed E-state index contributed by atoms with van der Waals surface area (Å²) >= 11 is 0. The van der Waals surface area contributed by atoms with Gasteiger partial charge < -0.3 is 20.3 Å². The minimum Gasteiger partial charge on any atom is -0.504 e. The highest BCUT2D eigenvalue weighted by Gasteiger charge is 2.38. The number of ether oxygens (including phenoxy) is 2. The van der Waals surface area contributed by atoms with Crippen LogP contribution in [0.3, 0.4) is 0 Å². The highest BCUT2D eigenvalue weighted by molar-refractivity contribution is 5.51. The van der Waals surface area contributed by atoms with Gasteiger partial charge in [0.2, 0.25) is 5.75 Å². The lowest BCUT2D eigenvalue weighted by molar-refractivity contribution is -0.0204. The number of nitrogens with two attached hydrogens (primary N) is 1. The van der Waals surface area contributed by atoms with E-state index in [1.165, 1.54) is 0 Å². The number of fused-ring (bicyclic) bond motifs is 1. The van der Waals surface area contributed by atoms with Crippen LogP contribution in [-0.2, 0) is 0 Å². The maximum Gasteiger partial charge on any atom is 0.204 e. The highest BCUT2D eigenvalue weighted by atomic mass is 16.6. The molecule has 2 atom stereocenters. The van der Waals surface area contributed by atoms with Crippen LogP contribution in [0.25, 0.3) is 0 Å². The van der Waals surface area contributed by atoms with Gasteiger partial charge in [0, 0.05) is 6.54 Å². The first-order valence-corrected chi connectivity index (χ1v) is 6.44. The molecule has 0 amide bonds. The predicted molar refractivity (Wildman–Crippen MR) is 70.1 cm³/mol. The number of hydrogen-bond acceptors (Lipinski definition) is 4. The normalized spacial score (nSPS) is 23.7. The molecule has 100 valence electrons. The van der Waals surface area contributed by atoms with Crippen molar-refractivity contribution in [2.24, 2.45) is 11.7 Å². The fourth-order valence-corrected chi connectivity index (χ4v) is 2.24. The fourth-order valence-electron chi connectivity index (χ4n) is 2.24. The molecule has 0 radical (unpaired) electrons. The summed E-state index contributed by atoms with van der Waals surface area (Å²) in [5, 5.41) is 9.83. The molecule has 0 bridgehead atoms. The molecule has 0 fully saturated rings. The number of hydrogen-bond donors (Lipinski definition) is 2. The number of phenolic OH excluding ortho intramolecular Hbond substituents is 1. The molecular formula is C14H21NO3. The average molecular weight is 251 g/mol. The zero-order valence-electron chi connectivity index (χ0n) is 11.0. The summed E-state index contributed by atoms with van der Waals surface area (Å²) in [6.07, 6.45) is 1.90. The van der Waals surface area contributed by atoms with Crippen molar-refractivity contribution < 1.29 is 14.6 Å². The predicted octanol–water partition coefficient (Wildman–Crippen LogP) is 2.30. The van der Waals surface area contributed by atoms with Gasteiger partial charge in [-0.3, -0.25) is 0 Å². The first-order valence-electron chi connectivity index (χ1n) is 6.44. The molecule has 2 unspecified atom stereocenters.